The van der Waals surface area contributed by atoms with Gasteiger partial charge in [-0.3, -0.25) is 15.1 Å². The molecule has 0 amide bonds. The Balaban J connectivity index is 1.27. The lowest BCUT2D eigenvalue weighted by Gasteiger charge is -2.35. The molecule has 6 atom stereocenters. The van der Waals surface area contributed by atoms with Gasteiger partial charge in [0.25, 0.3) is 0 Å². The third-order valence-electron chi connectivity index (χ3n) is 13.8. The number of ether oxygens (including phenoxy) is 4. The van der Waals surface area contributed by atoms with E-state index in [0.717, 1.165) is 62.5 Å². The van der Waals surface area contributed by atoms with E-state index in [1.165, 1.54) is 7.11 Å². The summed E-state index contributed by atoms with van der Waals surface area (Å²) in [6, 6.07) is 12.8. The molecule has 2 aliphatic heterocycles. The van der Waals surface area contributed by atoms with E-state index in [9.17, 15) is 20.1 Å². The van der Waals surface area contributed by atoms with Gasteiger partial charge in [-0.1, -0.05) is 43.2 Å². The molecule has 2 heterocycles. The van der Waals surface area contributed by atoms with E-state index in [1.54, 1.807) is 13.1 Å². The Hall–Kier alpha value is -4.72. The molecule has 5 aliphatic rings. The van der Waals surface area contributed by atoms with Crippen LogP contribution in [0.1, 0.15) is 101 Å². The molecule has 0 saturated heterocycles. The third kappa shape index (κ3) is 9.43. The Morgan fingerprint density at radius 3 is 2.73 bits per heavy atom. The molecule has 3 saturated carbocycles. The third-order valence-corrected chi connectivity index (χ3v) is 13.8. The first-order chi connectivity index (χ1) is 29.1. The second-order valence-electron chi connectivity index (χ2n) is 17.5. The Morgan fingerprint density at radius 2 is 1.95 bits per heavy atom. The van der Waals surface area contributed by atoms with Gasteiger partial charge in [0.1, 0.15) is 11.7 Å². The van der Waals surface area contributed by atoms with Crippen LogP contribution >= 0.6 is 0 Å². The number of methoxy groups -OCH3 is 1. The number of ketones is 1. The quantitative estimate of drug-likeness (QED) is 0.0855. The van der Waals surface area contributed by atoms with Gasteiger partial charge in [-0.2, -0.15) is 0 Å². The van der Waals surface area contributed by atoms with Crippen molar-refractivity contribution in [2.24, 2.45) is 28.2 Å². The van der Waals surface area contributed by atoms with Gasteiger partial charge in [-0.25, -0.2) is 0 Å². The number of aliphatic imine (C=N–C) groups is 1. The van der Waals surface area contributed by atoms with E-state index >= 15 is 0 Å². The SMILES string of the molecule is CN=C1NC#CCC2CCCC2(Cc2ccc(O)c(OC)c2)C(=O)C=CCC2(CCCC2)c2cc(c3c(c2)OC2(CNC)CC(CC#CO3)C(CC(O)OCCCO)C2)N1. The minimum atomic E-state index is -0.950. The first-order valence-electron chi connectivity index (χ1n) is 21.8. The number of likely N-dealkylation sites (N-methyl/N-ethyl adjacent to an activating group) is 1. The van der Waals surface area contributed by atoms with Crippen LogP contribution in [0.25, 0.3) is 0 Å². The number of rotatable bonds is 11. The highest BCUT2D eigenvalue weighted by atomic mass is 16.6. The first kappa shape index (κ1) is 43.4. The van der Waals surface area contributed by atoms with Crippen molar-refractivity contribution in [2.45, 2.75) is 114 Å². The molecule has 1 spiro atoms. The topological polar surface area (TPSA) is 163 Å². The van der Waals surface area contributed by atoms with E-state index in [4.69, 9.17) is 18.9 Å². The molecule has 2 aromatic carbocycles. The number of benzene rings is 2. The Bertz CT molecular complexity index is 2040. The van der Waals surface area contributed by atoms with Gasteiger partial charge in [-0.05, 0) is 129 Å². The molecular formula is C48H62N4O8. The van der Waals surface area contributed by atoms with Crippen LogP contribution in [0.3, 0.4) is 0 Å². The molecule has 0 aromatic heterocycles. The lowest BCUT2D eigenvalue weighted by atomic mass is 9.68. The Labute approximate surface area is 354 Å². The van der Waals surface area contributed by atoms with Gasteiger partial charge < -0.3 is 44.9 Å². The number of fused-ring (bicyclic) bond motifs is 8. The molecule has 6 unspecified atom stereocenters. The van der Waals surface area contributed by atoms with Crippen molar-refractivity contribution in [1.29, 1.82) is 0 Å². The highest BCUT2D eigenvalue weighted by Gasteiger charge is 2.49. The van der Waals surface area contributed by atoms with Crippen LogP contribution in [-0.2, 0) is 21.4 Å². The standard InChI is InChI=1S/C48H62N4O8/c1-49-32-47-30-34(35(31-47)26-43(56)58-24-10-22-53)11-9-23-59-44-38-27-37(28-41(44)60-47)46(17-4-5-18-46)19-7-14-42(55)48(29-33-15-16-39(54)40(25-33)57-3)20-6-12-36(48)13-8-21-51-45(50-2)52-38/h7,14-16,25,27-28,34-36,43,49,53-54,56H,4-6,10-13,17-20,22,24,26,29-32H2,1-3H3,(H2,50,51,52). The van der Waals surface area contributed by atoms with E-state index in [2.05, 4.69) is 63.1 Å². The molecular weight excluding hydrogens is 761 g/mol. The van der Waals surface area contributed by atoms with Crippen LogP contribution in [0.2, 0.25) is 0 Å². The van der Waals surface area contributed by atoms with Crippen molar-refractivity contribution in [1.82, 2.24) is 10.6 Å². The predicted molar refractivity (Wildman–Crippen MR) is 231 cm³/mol. The molecule has 12 nitrogen and oxygen atoms in total. The summed E-state index contributed by atoms with van der Waals surface area (Å²) < 4.78 is 24.7. The minimum Gasteiger partial charge on any atom is -0.504 e. The monoisotopic (exact) mass is 822 g/mol. The van der Waals surface area contributed by atoms with Crippen molar-refractivity contribution in [2.75, 3.05) is 46.3 Å². The lowest BCUT2D eigenvalue weighted by Crippen LogP contribution is -2.43. The zero-order chi connectivity index (χ0) is 42.2. The summed E-state index contributed by atoms with van der Waals surface area (Å²) in [5.41, 5.74) is 1.16. The van der Waals surface area contributed by atoms with E-state index in [0.29, 0.717) is 80.4 Å². The summed E-state index contributed by atoms with van der Waals surface area (Å²) in [5.74, 6) is 8.96. The fourth-order valence-electron chi connectivity index (χ4n) is 10.8. The number of hydrogen-bond donors (Lipinski definition) is 6. The van der Waals surface area contributed by atoms with E-state index < -0.39 is 17.3 Å². The number of hydrogen-bond acceptors (Lipinski definition) is 10. The molecule has 6 N–H and O–H groups in total. The van der Waals surface area contributed by atoms with Gasteiger partial charge in [0, 0.05) is 50.9 Å². The highest BCUT2D eigenvalue weighted by molar-refractivity contribution is 5.97. The zero-order valence-corrected chi connectivity index (χ0v) is 35.4. The summed E-state index contributed by atoms with van der Waals surface area (Å²) in [4.78, 5) is 19.3. The van der Waals surface area contributed by atoms with E-state index in [-0.39, 0.29) is 47.9 Å². The molecule has 3 fully saturated rings. The number of allylic oxidation sites excluding steroid dienone is 2. The Morgan fingerprint density at radius 1 is 1.10 bits per heavy atom. The van der Waals surface area contributed by atoms with Crippen LogP contribution in [0.4, 0.5) is 5.69 Å². The molecule has 7 rings (SSSR count). The number of aliphatic hydroxyl groups excluding tert-OH is 2. The van der Waals surface area contributed by atoms with Crippen LogP contribution < -0.4 is 30.2 Å². The molecule has 2 aromatic rings. The summed E-state index contributed by atoms with van der Waals surface area (Å²) >= 11 is 0. The van der Waals surface area contributed by atoms with E-state index in [1.807, 2.05) is 25.3 Å². The van der Waals surface area contributed by atoms with Gasteiger partial charge in [0.2, 0.25) is 11.7 Å². The van der Waals surface area contributed by atoms with Gasteiger partial charge in [-0.15, -0.1) is 0 Å². The fourth-order valence-corrected chi connectivity index (χ4v) is 10.8. The smallest absolute Gasteiger partial charge is 0.207 e. The largest absolute Gasteiger partial charge is 0.504 e. The fraction of sp³-hybridized carbons (Fsp3) is 0.583. The minimum absolute atomic E-state index is 0.00994. The number of nitrogens with one attached hydrogen (secondary N) is 3. The molecule has 60 heavy (non-hydrogen) atoms. The van der Waals surface area contributed by atoms with Gasteiger partial charge in [0.15, 0.2) is 29.3 Å². The van der Waals surface area contributed by atoms with Gasteiger partial charge in [0.05, 0.1) is 19.4 Å². The molecule has 4 bridgehead atoms. The van der Waals surface area contributed by atoms with Crippen LogP contribution in [0.5, 0.6) is 23.0 Å². The van der Waals surface area contributed by atoms with Crippen molar-refractivity contribution < 1.29 is 39.1 Å². The van der Waals surface area contributed by atoms with Crippen molar-refractivity contribution in [3.8, 4) is 47.0 Å². The van der Waals surface area contributed by atoms with Crippen molar-refractivity contribution >= 4 is 17.4 Å². The second-order valence-corrected chi connectivity index (χ2v) is 17.5. The molecule has 12 heteroatoms. The maximum atomic E-state index is 14.7. The maximum Gasteiger partial charge on any atom is 0.207 e. The number of nitrogens with zero attached hydrogens (tertiary/aromatic N) is 1. The summed E-state index contributed by atoms with van der Waals surface area (Å²) in [6.07, 6.45) is 17.2. The van der Waals surface area contributed by atoms with Crippen LogP contribution in [-0.4, -0.2) is 79.9 Å². The number of guanidine groups is 1. The van der Waals surface area contributed by atoms with Crippen LogP contribution in [0, 0.1) is 47.2 Å². The normalized spacial score (nSPS) is 28.1. The predicted octanol–water partition coefficient (Wildman–Crippen LogP) is 6.32. The number of carbonyl (C=O) groups excluding carboxylic acids is 1. The molecule has 0 radical (unpaired) electrons. The second kappa shape index (κ2) is 19.3. The van der Waals surface area contributed by atoms with Crippen molar-refractivity contribution in [3.05, 3.63) is 53.6 Å². The lowest BCUT2D eigenvalue weighted by molar-refractivity contribution is -0.125. The highest BCUT2D eigenvalue weighted by Crippen LogP contribution is 2.53. The van der Waals surface area contributed by atoms with Crippen LogP contribution in [0.15, 0.2) is 47.5 Å². The average molecular weight is 823 g/mol. The summed E-state index contributed by atoms with van der Waals surface area (Å²) in [7, 11) is 5.17. The first-order valence-corrected chi connectivity index (χ1v) is 21.8. The number of phenolic OH excluding ortho intramolecular Hbond substituents is 1. The summed E-state index contributed by atoms with van der Waals surface area (Å²) in [5, 5.41) is 40.5. The zero-order valence-electron chi connectivity index (χ0n) is 35.4. The molecule has 3 aliphatic carbocycles. The number of carbonyl (C=O) groups is 1. The average Bonchev–Trinajstić information content (AvgIpc) is 3.97. The number of anilines is 1. The number of aromatic hydroxyl groups is 1. The van der Waals surface area contributed by atoms with Gasteiger partial charge >= 0.3 is 0 Å². The summed E-state index contributed by atoms with van der Waals surface area (Å²) in [6.45, 7) is 0.879. The Kier molecular flexibility index (Phi) is 14.0. The van der Waals surface area contributed by atoms with Crippen molar-refractivity contribution in [3.63, 3.8) is 0 Å². The molecule has 322 valence electrons. The number of aliphatic hydroxyl groups is 2. The number of phenols is 1. The maximum absolute atomic E-state index is 14.7.